The van der Waals surface area contributed by atoms with E-state index in [2.05, 4.69) is 10.3 Å². The molecule has 1 aromatic rings. The third-order valence-corrected chi connectivity index (χ3v) is 1.58. The molecule has 0 aliphatic rings. The Morgan fingerprint density at radius 3 is 2.86 bits per heavy atom. The molecule has 0 aliphatic heterocycles. The van der Waals surface area contributed by atoms with Gasteiger partial charge in [0, 0.05) is 6.07 Å². The Bertz CT molecular complexity index is 315. The van der Waals surface area contributed by atoms with Crippen LogP contribution in [0.15, 0.2) is 18.3 Å². The van der Waals surface area contributed by atoms with Crippen molar-refractivity contribution in [1.82, 2.24) is 4.98 Å². The van der Waals surface area contributed by atoms with Crippen molar-refractivity contribution in [2.75, 3.05) is 12.0 Å². The summed E-state index contributed by atoms with van der Waals surface area (Å²) in [4.78, 5) is 13.5. The molecular formula is C8H10FN3O2. The second-order valence-corrected chi connectivity index (χ2v) is 2.86. The fourth-order valence-electron chi connectivity index (χ4n) is 0.870. The number of nitro groups is 1. The first-order valence-corrected chi connectivity index (χ1v) is 4.06. The number of nitrogens with zero attached hydrogens (tertiary/aromatic N) is 2. The molecule has 0 aliphatic carbocycles. The molecule has 1 rings (SSSR count). The Morgan fingerprint density at radius 2 is 2.43 bits per heavy atom. The maximum atomic E-state index is 12.1. The molecule has 76 valence electrons. The van der Waals surface area contributed by atoms with Gasteiger partial charge in [0.05, 0.1) is 11.0 Å². The van der Waals surface area contributed by atoms with E-state index in [0.717, 1.165) is 6.20 Å². The van der Waals surface area contributed by atoms with Gasteiger partial charge in [0.15, 0.2) is 0 Å². The molecule has 0 amide bonds. The van der Waals surface area contributed by atoms with Crippen molar-refractivity contribution in [3.8, 4) is 0 Å². The van der Waals surface area contributed by atoms with Crippen molar-refractivity contribution in [2.45, 2.75) is 13.0 Å². The molecule has 1 heterocycles. The summed E-state index contributed by atoms with van der Waals surface area (Å²) in [6.07, 6.45) is 1.13. The molecule has 14 heavy (non-hydrogen) atoms. The number of anilines is 1. The van der Waals surface area contributed by atoms with E-state index in [0.29, 0.717) is 5.82 Å². The first-order valence-electron chi connectivity index (χ1n) is 4.06. The zero-order chi connectivity index (χ0) is 10.6. The first kappa shape index (κ1) is 10.4. The molecule has 5 nitrogen and oxygen atoms in total. The zero-order valence-electron chi connectivity index (χ0n) is 7.61. The van der Waals surface area contributed by atoms with E-state index in [-0.39, 0.29) is 11.7 Å². The molecule has 0 spiro atoms. The largest absolute Gasteiger partial charge is 0.365 e. The van der Waals surface area contributed by atoms with Crippen LogP contribution in [-0.2, 0) is 0 Å². The van der Waals surface area contributed by atoms with Crippen molar-refractivity contribution in [1.29, 1.82) is 0 Å². The number of rotatable bonds is 4. The predicted octanol–water partition coefficient (Wildman–Crippen LogP) is 1.76. The van der Waals surface area contributed by atoms with E-state index in [9.17, 15) is 14.5 Å². The van der Waals surface area contributed by atoms with Gasteiger partial charge in [0.25, 0.3) is 5.69 Å². The summed E-state index contributed by atoms with van der Waals surface area (Å²) in [7, 11) is 0. The number of pyridine rings is 1. The van der Waals surface area contributed by atoms with Gasteiger partial charge in [-0.1, -0.05) is 0 Å². The van der Waals surface area contributed by atoms with Gasteiger partial charge in [-0.2, -0.15) is 0 Å². The topological polar surface area (TPSA) is 68.1 Å². The highest BCUT2D eigenvalue weighted by molar-refractivity contribution is 5.40. The minimum absolute atomic E-state index is 0.0801. The minimum atomic E-state index is -0.532. The molecule has 0 aromatic carbocycles. The first-order chi connectivity index (χ1) is 6.63. The molecule has 0 unspecified atom stereocenters. The van der Waals surface area contributed by atoms with Crippen molar-refractivity contribution in [2.24, 2.45) is 0 Å². The fraction of sp³-hybridized carbons (Fsp3) is 0.375. The van der Waals surface area contributed by atoms with Crippen LogP contribution in [-0.4, -0.2) is 22.6 Å². The van der Waals surface area contributed by atoms with Gasteiger partial charge < -0.3 is 5.32 Å². The highest BCUT2D eigenvalue weighted by Gasteiger charge is 2.06. The third-order valence-electron chi connectivity index (χ3n) is 1.58. The highest BCUT2D eigenvalue weighted by Crippen LogP contribution is 2.12. The monoisotopic (exact) mass is 199 g/mol. The summed E-state index contributed by atoms with van der Waals surface area (Å²) in [6.45, 7) is 1.14. The van der Waals surface area contributed by atoms with Gasteiger partial charge in [0.2, 0.25) is 0 Å². The van der Waals surface area contributed by atoms with Crippen LogP contribution >= 0.6 is 0 Å². The third kappa shape index (κ3) is 2.65. The maximum Gasteiger partial charge on any atom is 0.287 e. The number of halogens is 1. The van der Waals surface area contributed by atoms with Crippen LogP contribution in [0.3, 0.4) is 0 Å². The van der Waals surface area contributed by atoms with Gasteiger partial charge in [-0.05, 0) is 13.0 Å². The lowest BCUT2D eigenvalue weighted by Gasteiger charge is -2.09. The smallest absolute Gasteiger partial charge is 0.287 e. The van der Waals surface area contributed by atoms with Crippen LogP contribution in [0.1, 0.15) is 6.92 Å². The lowest BCUT2D eigenvalue weighted by atomic mass is 10.3. The lowest BCUT2D eigenvalue weighted by Crippen LogP contribution is -2.17. The van der Waals surface area contributed by atoms with E-state index in [1.807, 2.05) is 0 Å². The Balaban J connectivity index is 2.68. The van der Waals surface area contributed by atoms with E-state index in [4.69, 9.17) is 0 Å². The van der Waals surface area contributed by atoms with Gasteiger partial charge >= 0.3 is 0 Å². The van der Waals surface area contributed by atoms with Gasteiger partial charge in [0.1, 0.15) is 18.7 Å². The molecular weight excluding hydrogens is 189 g/mol. The van der Waals surface area contributed by atoms with E-state index < -0.39 is 11.6 Å². The lowest BCUT2D eigenvalue weighted by molar-refractivity contribution is -0.385. The molecule has 1 atom stereocenters. The second-order valence-electron chi connectivity index (χ2n) is 2.86. The van der Waals surface area contributed by atoms with Gasteiger partial charge in [-0.3, -0.25) is 10.1 Å². The minimum Gasteiger partial charge on any atom is -0.365 e. The number of aromatic nitrogens is 1. The molecule has 0 fully saturated rings. The molecule has 0 saturated carbocycles. The summed E-state index contributed by atoms with van der Waals surface area (Å²) in [5.41, 5.74) is -0.0801. The van der Waals surface area contributed by atoms with Gasteiger partial charge in [-0.25, -0.2) is 9.37 Å². The van der Waals surface area contributed by atoms with Crippen molar-refractivity contribution in [3.05, 3.63) is 28.4 Å². The van der Waals surface area contributed by atoms with Crippen LogP contribution in [0.4, 0.5) is 15.9 Å². The summed E-state index contributed by atoms with van der Waals surface area (Å²) in [5, 5.41) is 13.0. The summed E-state index contributed by atoms with van der Waals surface area (Å²) in [6, 6.07) is 2.42. The normalized spacial score (nSPS) is 12.1. The standard InChI is InChI=1S/C8H10FN3O2/c1-6(4-9)11-8-3-2-7(5-10-8)12(13)14/h2-3,5-6H,4H2,1H3,(H,10,11)/t6-/m0/s1. The Kier molecular flexibility index (Phi) is 3.33. The predicted molar refractivity (Wildman–Crippen MR) is 50.0 cm³/mol. The van der Waals surface area contributed by atoms with Crippen molar-refractivity contribution >= 4 is 11.5 Å². The molecule has 6 heteroatoms. The SMILES string of the molecule is C[C@@H](CF)Nc1ccc([N+](=O)[O-])cn1. The molecule has 1 N–H and O–H groups in total. The maximum absolute atomic E-state index is 12.1. The van der Waals surface area contributed by atoms with E-state index in [1.54, 1.807) is 6.92 Å². The molecule has 0 bridgehead atoms. The van der Waals surface area contributed by atoms with Gasteiger partial charge in [-0.15, -0.1) is 0 Å². The van der Waals surface area contributed by atoms with Crippen molar-refractivity contribution < 1.29 is 9.31 Å². The Hall–Kier alpha value is -1.72. The van der Waals surface area contributed by atoms with Crippen LogP contribution < -0.4 is 5.32 Å². The van der Waals surface area contributed by atoms with E-state index in [1.165, 1.54) is 12.1 Å². The Labute approximate surface area is 80.1 Å². The summed E-state index contributed by atoms with van der Waals surface area (Å²) >= 11 is 0. The van der Waals surface area contributed by atoms with Crippen LogP contribution in [0.25, 0.3) is 0 Å². The Morgan fingerprint density at radius 1 is 1.71 bits per heavy atom. The van der Waals surface area contributed by atoms with Crippen LogP contribution in [0, 0.1) is 10.1 Å². The highest BCUT2D eigenvalue weighted by atomic mass is 19.1. The second kappa shape index (κ2) is 4.50. The molecule has 0 saturated heterocycles. The molecule has 0 radical (unpaired) electrons. The summed E-state index contributed by atoms with van der Waals surface area (Å²) < 4.78 is 12.1. The quantitative estimate of drug-likeness (QED) is 0.592. The average molecular weight is 199 g/mol. The number of nitrogens with one attached hydrogen (secondary N) is 1. The van der Waals surface area contributed by atoms with E-state index >= 15 is 0 Å². The number of hydrogen-bond donors (Lipinski definition) is 1. The number of hydrogen-bond acceptors (Lipinski definition) is 4. The number of alkyl halides is 1. The fourth-order valence-corrected chi connectivity index (χ4v) is 0.870. The van der Waals surface area contributed by atoms with Crippen molar-refractivity contribution in [3.63, 3.8) is 0 Å². The average Bonchev–Trinajstić information content (AvgIpc) is 2.18. The zero-order valence-corrected chi connectivity index (χ0v) is 7.61. The van der Waals surface area contributed by atoms with Crippen LogP contribution in [0.5, 0.6) is 0 Å². The van der Waals surface area contributed by atoms with Crippen LogP contribution in [0.2, 0.25) is 0 Å². The molecule has 1 aromatic heterocycles. The summed E-state index contributed by atoms with van der Waals surface area (Å²) in [5.74, 6) is 0.431.